The minimum atomic E-state index is -0.426. The van der Waals surface area contributed by atoms with Gasteiger partial charge in [-0.1, -0.05) is 29.8 Å². The molecular formula is C25H24ClN3OS. The monoisotopic (exact) mass is 449 g/mol. The fourth-order valence-electron chi connectivity index (χ4n) is 3.67. The van der Waals surface area contributed by atoms with E-state index in [1.165, 1.54) is 11.1 Å². The van der Waals surface area contributed by atoms with Crippen molar-refractivity contribution in [1.82, 2.24) is 0 Å². The van der Waals surface area contributed by atoms with Crippen LogP contribution in [0.4, 0.5) is 11.4 Å². The van der Waals surface area contributed by atoms with E-state index in [0.717, 1.165) is 28.7 Å². The van der Waals surface area contributed by atoms with Crippen molar-refractivity contribution >= 4 is 46.1 Å². The molecule has 0 amide bonds. The van der Waals surface area contributed by atoms with E-state index in [4.69, 9.17) is 33.5 Å². The Bertz CT molecular complexity index is 1130. The van der Waals surface area contributed by atoms with Crippen LogP contribution in [-0.2, 0) is 0 Å². The van der Waals surface area contributed by atoms with Gasteiger partial charge >= 0.3 is 0 Å². The van der Waals surface area contributed by atoms with Gasteiger partial charge in [0.15, 0.2) is 0 Å². The van der Waals surface area contributed by atoms with Crippen LogP contribution in [-0.4, -0.2) is 16.5 Å². The van der Waals surface area contributed by atoms with Crippen LogP contribution in [0.1, 0.15) is 25.0 Å². The molecule has 0 aliphatic carbocycles. The quantitative estimate of drug-likeness (QED) is 0.429. The summed E-state index contributed by atoms with van der Waals surface area (Å²) in [6, 6.07) is 21.4. The third-order valence-electron chi connectivity index (χ3n) is 5.41. The topological polar surface area (TPSA) is 36.9 Å². The molecule has 4 rings (SSSR count). The van der Waals surface area contributed by atoms with Crippen LogP contribution in [0.3, 0.4) is 0 Å². The summed E-state index contributed by atoms with van der Waals surface area (Å²) in [5.74, 6) is 2.30. The van der Waals surface area contributed by atoms with E-state index in [1.54, 1.807) is 12.1 Å². The average Bonchev–Trinajstić information content (AvgIpc) is 2.95. The van der Waals surface area contributed by atoms with Gasteiger partial charge in [0, 0.05) is 16.4 Å². The van der Waals surface area contributed by atoms with Gasteiger partial charge in [0.2, 0.25) is 5.11 Å². The van der Waals surface area contributed by atoms with Crippen LogP contribution >= 0.6 is 23.8 Å². The fraction of sp³-hybridized carbons (Fsp3) is 0.200. The Morgan fingerprint density at radius 2 is 1.45 bits per heavy atom. The predicted molar refractivity (Wildman–Crippen MR) is 134 cm³/mol. The maximum atomic E-state index is 5.94. The molecule has 0 atom stereocenters. The van der Waals surface area contributed by atoms with E-state index < -0.39 is 5.54 Å². The van der Waals surface area contributed by atoms with Crippen molar-refractivity contribution in [2.45, 2.75) is 33.2 Å². The Balaban J connectivity index is 1.55. The van der Waals surface area contributed by atoms with Gasteiger partial charge < -0.3 is 15.0 Å². The van der Waals surface area contributed by atoms with Crippen molar-refractivity contribution in [1.29, 1.82) is 0 Å². The molecule has 0 saturated carbocycles. The number of nitrogens with zero attached hydrogens (tertiary/aromatic N) is 2. The lowest BCUT2D eigenvalue weighted by molar-refractivity contribution is 0.482. The standard InChI is InChI=1S/C25H24ClN3OS/c1-16-6-5-7-17(2)22(16)27-23-25(3,4)29(24(31)28-23)19-10-14-21(15-11-19)30-20-12-8-18(26)9-13-20/h5-15H,1-4H3,(H,27,28,31). The number of halogens is 1. The van der Waals surface area contributed by atoms with Crippen molar-refractivity contribution in [3.63, 3.8) is 0 Å². The molecule has 4 nitrogen and oxygen atoms in total. The van der Waals surface area contributed by atoms with Crippen molar-refractivity contribution < 1.29 is 4.74 Å². The van der Waals surface area contributed by atoms with Gasteiger partial charge in [-0.2, -0.15) is 0 Å². The van der Waals surface area contributed by atoms with Gasteiger partial charge in [0.1, 0.15) is 17.3 Å². The molecule has 0 fully saturated rings. The predicted octanol–water partition coefficient (Wildman–Crippen LogP) is 7.14. The highest BCUT2D eigenvalue weighted by atomic mass is 35.5. The molecule has 0 saturated heterocycles. The lowest BCUT2D eigenvalue weighted by Gasteiger charge is -2.34. The summed E-state index contributed by atoms with van der Waals surface area (Å²) < 4.78 is 5.91. The summed E-state index contributed by atoms with van der Waals surface area (Å²) in [5, 5.41) is 4.74. The number of nitrogens with one attached hydrogen (secondary N) is 1. The van der Waals surface area contributed by atoms with Crippen LogP contribution in [0.25, 0.3) is 0 Å². The first-order valence-corrected chi connectivity index (χ1v) is 10.8. The van der Waals surface area contributed by atoms with Gasteiger partial charge in [-0.25, -0.2) is 4.99 Å². The van der Waals surface area contributed by atoms with Gasteiger partial charge in [0.05, 0.1) is 5.54 Å². The van der Waals surface area contributed by atoms with Crippen LogP contribution in [0.5, 0.6) is 11.5 Å². The van der Waals surface area contributed by atoms with Crippen molar-refractivity contribution in [2.24, 2.45) is 4.99 Å². The SMILES string of the molecule is Cc1cccc(C)c1NC1=NC(=S)N(c2ccc(Oc3ccc(Cl)cc3)cc2)C1(C)C. The zero-order chi connectivity index (χ0) is 22.2. The fourth-order valence-corrected chi connectivity index (χ4v) is 4.22. The van der Waals surface area contributed by atoms with E-state index in [9.17, 15) is 0 Å². The Morgan fingerprint density at radius 3 is 2.03 bits per heavy atom. The Labute approximate surface area is 193 Å². The molecule has 0 bridgehead atoms. The second-order valence-electron chi connectivity index (χ2n) is 8.08. The second-order valence-corrected chi connectivity index (χ2v) is 8.88. The third-order valence-corrected chi connectivity index (χ3v) is 5.93. The number of thiocarbonyl (C=S) groups is 1. The van der Waals surface area contributed by atoms with E-state index >= 15 is 0 Å². The summed E-state index contributed by atoms with van der Waals surface area (Å²) in [4.78, 5) is 6.75. The van der Waals surface area contributed by atoms with Crippen LogP contribution in [0.15, 0.2) is 71.7 Å². The molecule has 158 valence electrons. The number of aryl methyl sites for hydroxylation is 2. The van der Waals surface area contributed by atoms with Crippen molar-refractivity contribution in [2.75, 3.05) is 10.2 Å². The number of para-hydroxylation sites is 1. The summed E-state index contributed by atoms with van der Waals surface area (Å²) in [6.45, 7) is 8.41. The van der Waals surface area contributed by atoms with Gasteiger partial charge in [-0.15, -0.1) is 0 Å². The average molecular weight is 450 g/mol. The molecule has 1 N–H and O–H groups in total. The van der Waals surface area contributed by atoms with Crippen molar-refractivity contribution in [3.05, 3.63) is 82.9 Å². The van der Waals surface area contributed by atoms with Crippen molar-refractivity contribution in [3.8, 4) is 11.5 Å². The minimum absolute atomic E-state index is 0.426. The number of amidine groups is 1. The number of rotatable bonds is 4. The molecule has 1 heterocycles. The Kier molecular flexibility index (Phi) is 5.73. The number of ether oxygens (including phenoxy) is 1. The highest BCUT2D eigenvalue weighted by Gasteiger charge is 2.41. The first-order valence-electron chi connectivity index (χ1n) is 10.1. The summed E-state index contributed by atoms with van der Waals surface area (Å²) in [6.07, 6.45) is 0. The second kappa shape index (κ2) is 8.33. The summed E-state index contributed by atoms with van der Waals surface area (Å²) in [5.41, 5.74) is 3.95. The lowest BCUT2D eigenvalue weighted by Crippen LogP contribution is -2.49. The molecule has 31 heavy (non-hydrogen) atoms. The molecule has 3 aromatic carbocycles. The molecule has 0 spiro atoms. The molecule has 3 aromatic rings. The van der Waals surface area contributed by atoms with E-state index in [0.29, 0.717) is 10.1 Å². The van der Waals surface area contributed by atoms with E-state index in [-0.39, 0.29) is 0 Å². The maximum Gasteiger partial charge on any atom is 0.202 e. The first kappa shape index (κ1) is 21.3. The molecule has 0 unspecified atom stereocenters. The number of hydrogen-bond donors (Lipinski definition) is 1. The van der Waals surface area contributed by atoms with Gasteiger partial charge in [0.25, 0.3) is 0 Å². The highest BCUT2D eigenvalue weighted by molar-refractivity contribution is 7.80. The maximum absolute atomic E-state index is 5.94. The smallest absolute Gasteiger partial charge is 0.202 e. The van der Waals surface area contributed by atoms with Gasteiger partial charge in [-0.3, -0.25) is 0 Å². The molecule has 1 aliphatic rings. The number of benzene rings is 3. The van der Waals surface area contributed by atoms with Gasteiger partial charge in [-0.05, 0) is 99.6 Å². The highest BCUT2D eigenvalue weighted by Crippen LogP contribution is 2.34. The normalized spacial score (nSPS) is 15.1. The summed E-state index contributed by atoms with van der Waals surface area (Å²) >= 11 is 11.6. The molecule has 6 heteroatoms. The van der Waals surface area contributed by atoms with Crippen LogP contribution < -0.4 is 15.0 Å². The van der Waals surface area contributed by atoms with E-state index in [1.807, 2.05) is 36.4 Å². The molecular weight excluding hydrogens is 426 g/mol. The number of anilines is 2. The Hall–Kier alpha value is -2.89. The molecule has 0 aromatic heterocycles. The number of hydrogen-bond acceptors (Lipinski definition) is 3. The zero-order valence-corrected chi connectivity index (χ0v) is 19.5. The lowest BCUT2D eigenvalue weighted by atomic mass is 10.0. The van der Waals surface area contributed by atoms with Crippen LogP contribution in [0.2, 0.25) is 5.02 Å². The molecule has 0 radical (unpaired) electrons. The van der Waals surface area contributed by atoms with E-state index in [2.05, 4.69) is 56.1 Å². The summed E-state index contributed by atoms with van der Waals surface area (Å²) in [7, 11) is 0. The minimum Gasteiger partial charge on any atom is -0.457 e. The van der Waals surface area contributed by atoms with Crippen LogP contribution in [0, 0.1) is 13.8 Å². The first-order chi connectivity index (χ1) is 14.8. The zero-order valence-electron chi connectivity index (χ0n) is 17.9. The number of aliphatic imine (C=N–C) groups is 1. The Morgan fingerprint density at radius 1 is 0.903 bits per heavy atom. The third kappa shape index (κ3) is 4.29. The molecule has 1 aliphatic heterocycles. The largest absolute Gasteiger partial charge is 0.457 e.